The fourth-order valence-corrected chi connectivity index (χ4v) is 3.67. The molecule has 0 unspecified atom stereocenters. The van der Waals surface area contributed by atoms with Gasteiger partial charge in [0, 0.05) is 4.88 Å². The summed E-state index contributed by atoms with van der Waals surface area (Å²) in [6.45, 7) is 3.51. The second-order valence-electron chi connectivity index (χ2n) is 5.69. The number of fused-ring (bicyclic) bond motifs is 1. The van der Waals surface area contributed by atoms with Crippen LogP contribution >= 0.6 is 11.3 Å². The molecule has 21 heavy (non-hydrogen) atoms. The third-order valence-corrected chi connectivity index (χ3v) is 4.72. The molecule has 1 N–H and O–H groups in total. The van der Waals surface area contributed by atoms with Crippen molar-refractivity contribution in [3.63, 3.8) is 0 Å². The second-order valence-corrected chi connectivity index (χ2v) is 6.83. The van der Waals surface area contributed by atoms with Gasteiger partial charge in [-0.05, 0) is 51.2 Å². The average molecular weight is 309 g/mol. The van der Waals surface area contributed by atoms with Crippen LogP contribution in [0.15, 0.2) is 6.07 Å². The molecule has 1 aromatic rings. The number of esters is 1. The lowest BCUT2D eigenvalue weighted by Gasteiger charge is -2.08. The Morgan fingerprint density at radius 3 is 2.67 bits per heavy atom. The average Bonchev–Trinajstić information content (AvgIpc) is 2.78. The Morgan fingerprint density at radius 1 is 1.24 bits per heavy atom. The van der Waals surface area contributed by atoms with E-state index in [4.69, 9.17) is 4.74 Å². The molecular weight excluding hydrogens is 286 g/mol. The first-order valence-electron chi connectivity index (χ1n) is 7.65. The maximum Gasteiger partial charge on any atom is 0.325 e. The minimum Gasteiger partial charge on any atom is -0.462 e. The molecule has 4 nitrogen and oxygen atoms in total. The zero-order valence-electron chi connectivity index (χ0n) is 12.7. The summed E-state index contributed by atoms with van der Waals surface area (Å²) < 4.78 is 5.00. The summed E-state index contributed by atoms with van der Waals surface area (Å²) in [6.07, 6.45) is 6.94. The molecule has 116 valence electrons. The summed E-state index contributed by atoms with van der Waals surface area (Å²) in [5.41, 5.74) is 1.31. The van der Waals surface area contributed by atoms with E-state index in [0.717, 1.165) is 12.8 Å². The van der Waals surface area contributed by atoms with E-state index in [9.17, 15) is 9.59 Å². The normalized spacial score (nSPS) is 15.0. The van der Waals surface area contributed by atoms with E-state index in [0.29, 0.717) is 4.88 Å². The van der Waals surface area contributed by atoms with Gasteiger partial charge >= 0.3 is 5.97 Å². The summed E-state index contributed by atoms with van der Waals surface area (Å²) in [5.74, 6) is -0.569. The van der Waals surface area contributed by atoms with Crippen LogP contribution in [0.3, 0.4) is 0 Å². The number of hydrogen-bond donors (Lipinski definition) is 1. The van der Waals surface area contributed by atoms with E-state index in [1.807, 2.05) is 6.07 Å². The Bertz CT molecular complexity index is 482. The van der Waals surface area contributed by atoms with Crippen molar-refractivity contribution in [2.45, 2.75) is 58.5 Å². The monoisotopic (exact) mass is 309 g/mol. The molecule has 0 spiro atoms. The van der Waals surface area contributed by atoms with Gasteiger partial charge in [0.05, 0.1) is 11.0 Å². The molecule has 0 saturated heterocycles. The van der Waals surface area contributed by atoms with Crippen molar-refractivity contribution in [3.05, 3.63) is 21.4 Å². The van der Waals surface area contributed by atoms with Gasteiger partial charge in [-0.2, -0.15) is 0 Å². The lowest BCUT2D eigenvalue weighted by atomic mass is 10.00. The Morgan fingerprint density at radius 2 is 1.95 bits per heavy atom. The van der Waals surface area contributed by atoms with E-state index in [1.54, 1.807) is 25.2 Å². The number of rotatable bonds is 4. The van der Waals surface area contributed by atoms with Crippen molar-refractivity contribution >= 4 is 23.2 Å². The molecule has 0 fully saturated rings. The van der Waals surface area contributed by atoms with Crippen molar-refractivity contribution in [1.29, 1.82) is 0 Å². The van der Waals surface area contributed by atoms with Crippen LogP contribution in [0.4, 0.5) is 0 Å². The zero-order valence-corrected chi connectivity index (χ0v) is 13.6. The van der Waals surface area contributed by atoms with E-state index in [2.05, 4.69) is 5.32 Å². The van der Waals surface area contributed by atoms with Gasteiger partial charge in [-0.25, -0.2) is 0 Å². The van der Waals surface area contributed by atoms with Crippen molar-refractivity contribution < 1.29 is 14.3 Å². The second kappa shape index (κ2) is 7.59. The predicted octanol–water partition coefficient (Wildman–Crippen LogP) is 3.09. The van der Waals surface area contributed by atoms with Crippen LogP contribution in [0.5, 0.6) is 0 Å². The molecular formula is C16H23NO3S. The molecule has 5 heteroatoms. The van der Waals surface area contributed by atoms with Crippen LogP contribution in [0.25, 0.3) is 0 Å². The Balaban J connectivity index is 1.93. The van der Waals surface area contributed by atoms with Gasteiger partial charge in [-0.15, -0.1) is 11.3 Å². The standard InChI is InChI=1S/C16H23NO3S/c1-11(2)20-15(18)10-17-16(19)14-9-12-7-5-3-4-6-8-13(12)21-14/h9,11H,3-8,10H2,1-2H3,(H,17,19). The fraction of sp³-hybridized carbons (Fsp3) is 0.625. The van der Waals surface area contributed by atoms with E-state index in [-0.39, 0.29) is 18.6 Å². The third kappa shape index (κ3) is 4.84. The van der Waals surface area contributed by atoms with E-state index >= 15 is 0 Å². The summed E-state index contributed by atoms with van der Waals surface area (Å²) in [4.78, 5) is 25.6. The van der Waals surface area contributed by atoms with Gasteiger partial charge < -0.3 is 10.1 Å². The molecule has 1 aliphatic rings. The number of aryl methyl sites for hydroxylation is 2. The number of thiophene rings is 1. The first-order chi connectivity index (χ1) is 10.1. The topological polar surface area (TPSA) is 55.4 Å². The quantitative estimate of drug-likeness (QED) is 0.870. The van der Waals surface area contributed by atoms with Gasteiger partial charge in [-0.1, -0.05) is 12.8 Å². The smallest absolute Gasteiger partial charge is 0.325 e. The zero-order chi connectivity index (χ0) is 15.2. The van der Waals surface area contributed by atoms with Crippen molar-refractivity contribution in [2.75, 3.05) is 6.54 Å². The van der Waals surface area contributed by atoms with Crippen LogP contribution in [0.1, 0.15) is 59.6 Å². The van der Waals surface area contributed by atoms with Crippen molar-refractivity contribution in [3.8, 4) is 0 Å². The number of nitrogens with one attached hydrogen (secondary N) is 1. The molecule has 0 bridgehead atoms. The Hall–Kier alpha value is -1.36. The van der Waals surface area contributed by atoms with Gasteiger partial charge in [0.2, 0.25) is 0 Å². The SMILES string of the molecule is CC(C)OC(=O)CNC(=O)c1cc2c(s1)CCCCCC2. The van der Waals surface area contributed by atoms with Crippen molar-refractivity contribution in [1.82, 2.24) is 5.32 Å². The first kappa shape index (κ1) is 16.0. The first-order valence-corrected chi connectivity index (χ1v) is 8.47. The molecule has 0 aliphatic heterocycles. The van der Waals surface area contributed by atoms with Crippen LogP contribution in [0, 0.1) is 0 Å². The molecule has 0 saturated carbocycles. The van der Waals surface area contributed by atoms with Crippen LogP contribution < -0.4 is 5.32 Å². The minimum atomic E-state index is -0.395. The molecule has 1 heterocycles. The van der Waals surface area contributed by atoms with Gasteiger partial charge in [-0.3, -0.25) is 9.59 Å². The van der Waals surface area contributed by atoms with Crippen LogP contribution in [0.2, 0.25) is 0 Å². The third-order valence-electron chi connectivity index (χ3n) is 3.48. The maximum absolute atomic E-state index is 12.1. The number of amides is 1. The highest BCUT2D eigenvalue weighted by Gasteiger charge is 2.16. The molecule has 0 radical (unpaired) electrons. The number of carbonyl (C=O) groups excluding carboxylic acids is 2. The largest absolute Gasteiger partial charge is 0.462 e. The highest BCUT2D eigenvalue weighted by atomic mass is 32.1. The van der Waals surface area contributed by atoms with Gasteiger partial charge in [0.15, 0.2) is 0 Å². The number of ether oxygens (including phenoxy) is 1. The maximum atomic E-state index is 12.1. The molecule has 0 atom stereocenters. The summed E-state index contributed by atoms with van der Waals surface area (Å²) in [7, 11) is 0. The minimum absolute atomic E-state index is 0.0699. The molecule has 1 aromatic heterocycles. The van der Waals surface area contributed by atoms with E-state index < -0.39 is 5.97 Å². The molecule has 0 aromatic carbocycles. The highest BCUT2D eigenvalue weighted by molar-refractivity contribution is 7.14. The highest BCUT2D eigenvalue weighted by Crippen LogP contribution is 2.28. The predicted molar refractivity (Wildman–Crippen MR) is 83.8 cm³/mol. The lowest BCUT2D eigenvalue weighted by Crippen LogP contribution is -2.31. The fourth-order valence-electron chi connectivity index (χ4n) is 2.50. The van der Waals surface area contributed by atoms with E-state index in [1.165, 1.54) is 36.1 Å². The van der Waals surface area contributed by atoms with Gasteiger partial charge in [0.25, 0.3) is 5.91 Å². The number of hydrogen-bond acceptors (Lipinski definition) is 4. The number of carbonyl (C=O) groups is 2. The lowest BCUT2D eigenvalue weighted by molar-refractivity contribution is -0.146. The van der Waals surface area contributed by atoms with Crippen LogP contribution in [-0.2, 0) is 22.4 Å². The van der Waals surface area contributed by atoms with Crippen LogP contribution in [-0.4, -0.2) is 24.5 Å². The summed E-state index contributed by atoms with van der Waals surface area (Å²) >= 11 is 1.57. The van der Waals surface area contributed by atoms with Crippen molar-refractivity contribution in [2.24, 2.45) is 0 Å². The molecule has 1 aliphatic carbocycles. The van der Waals surface area contributed by atoms with Gasteiger partial charge in [0.1, 0.15) is 6.54 Å². The molecule has 2 rings (SSSR count). The summed E-state index contributed by atoms with van der Waals surface area (Å²) in [5, 5.41) is 2.64. The summed E-state index contributed by atoms with van der Waals surface area (Å²) in [6, 6.07) is 1.99. The Labute approximate surface area is 129 Å². The molecule has 1 amide bonds. The Kier molecular flexibility index (Phi) is 5.79.